The van der Waals surface area contributed by atoms with Gasteiger partial charge in [-0.3, -0.25) is 14.7 Å². The van der Waals surface area contributed by atoms with Crippen molar-refractivity contribution in [3.63, 3.8) is 0 Å². The summed E-state index contributed by atoms with van der Waals surface area (Å²) < 4.78 is 0. The van der Waals surface area contributed by atoms with Crippen LogP contribution in [-0.4, -0.2) is 71.9 Å². The van der Waals surface area contributed by atoms with Gasteiger partial charge in [0.2, 0.25) is 0 Å². The molecule has 1 aromatic heterocycles. The predicted molar refractivity (Wildman–Crippen MR) is 112 cm³/mol. The topological polar surface area (TPSA) is 39.7 Å². The van der Waals surface area contributed by atoms with Crippen molar-refractivity contribution in [3.05, 3.63) is 53.7 Å². The number of amides is 1. The lowest BCUT2D eigenvalue weighted by Gasteiger charge is -2.32. The lowest BCUT2D eigenvalue weighted by molar-refractivity contribution is 0.0664. The van der Waals surface area contributed by atoms with Crippen molar-refractivity contribution in [2.45, 2.75) is 25.8 Å². The van der Waals surface area contributed by atoms with Gasteiger partial charge in [0.25, 0.3) is 5.91 Å². The molecule has 5 heteroatoms. The number of nitrogens with zero attached hydrogens (tertiary/aromatic N) is 4. The fraction of sp³-hybridized carbons (Fsp3) is 0.478. The molecule has 148 valence electrons. The summed E-state index contributed by atoms with van der Waals surface area (Å²) in [6, 6.07) is 12.9. The Bertz CT molecular complexity index is 806. The van der Waals surface area contributed by atoms with Gasteiger partial charge in [0.15, 0.2) is 0 Å². The molecule has 0 unspecified atom stereocenters. The van der Waals surface area contributed by atoms with Gasteiger partial charge in [0.1, 0.15) is 0 Å². The Morgan fingerprint density at radius 1 is 0.964 bits per heavy atom. The first-order chi connectivity index (χ1) is 13.6. The molecule has 2 saturated heterocycles. The molecule has 0 spiro atoms. The van der Waals surface area contributed by atoms with Crippen LogP contribution in [0.15, 0.2) is 42.6 Å². The highest BCUT2D eigenvalue weighted by Crippen LogP contribution is 2.27. The lowest BCUT2D eigenvalue weighted by atomic mass is 10.0. The number of pyridine rings is 1. The third kappa shape index (κ3) is 4.10. The number of hydrogen-bond donors (Lipinski definition) is 0. The molecule has 1 atom stereocenters. The van der Waals surface area contributed by atoms with Crippen LogP contribution in [-0.2, 0) is 0 Å². The number of carbonyl (C=O) groups is 1. The molecule has 2 aliphatic rings. The summed E-state index contributed by atoms with van der Waals surface area (Å²) in [6.07, 6.45) is 4.36. The van der Waals surface area contributed by atoms with Crippen LogP contribution in [0.25, 0.3) is 11.3 Å². The molecule has 2 fully saturated rings. The van der Waals surface area contributed by atoms with Crippen LogP contribution in [0.2, 0.25) is 0 Å². The van der Waals surface area contributed by atoms with Gasteiger partial charge in [-0.25, -0.2) is 0 Å². The van der Waals surface area contributed by atoms with Gasteiger partial charge in [-0.2, -0.15) is 0 Å². The van der Waals surface area contributed by atoms with Crippen LogP contribution in [0, 0.1) is 0 Å². The molecule has 0 radical (unpaired) electrons. The molecule has 28 heavy (non-hydrogen) atoms. The zero-order valence-corrected chi connectivity index (χ0v) is 17.0. The van der Waals surface area contributed by atoms with E-state index in [1.54, 1.807) is 6.20 Å². The van der Waals surface area contributed by atoms with Gasteiger partial charge in [-0.1, -0.05) is 24.3 Å². The third-order valence-electron chi connectivity index (χ3n) is 6.17. The molecule has 4 rings (SSSR count). The number of piperazine rings is 1. The first-order valence-electron chi connectivity index (χ1n) is 10.4. The van der Waals surface area contributed by atoms with Crippen molar-refractivity contribution in [1.82, 2.24) is 19.7 Å². The molecule has 2 aliphatic heterocycles. The van der Waals surface area contributed by atoms with E-state index in [9.17, 15) is 4.79 Å². The van der Waals surface area contributed by atoms with E-state index in [0.29, 0.717) is 6.04 Å². The maximum Gasteiger partial charge on any atom is 0.254 e. The fourth-order valence-electron chi connectivity index (χ4n) is 4.19. The number of aromatic nitrogens is 1. The van der Waals surface area contributed by atoms with Gasteiger partial charge in [0, 0.05) is 49.5 Å². The van der Waals surface area contributed by atoms with E-state index in [2.05, 4.69) is 53.0 Å². The summed E-state index contributed by atoms with van der Waals surface area (Å²) in [6.45, 7) is 8.11. The Hall–Kier alpha value is -2.24. The van der Waals surface area contributed by atoms with Gasteiger partial charge < -0.3 is 9.80 Å². The summed E-state index contributed by atoms with van der Waals surface area (Å²) in [5.74, 6) is 0.107. The molecular formula is C23H30N4O. The molecule has 3 heterocycles. The van der Waals surface area contributed by atoms with Gasteiger partial charge in [-0.15, -0.1) is 0 Å². The van der Waals surface area contributed by atoms with Gasteiger partial charge >= 0.3 is 0 Å². The summed E-state index contributed by atoms with van der Waals surface area (Å²) in [4.78, 5) is 24.1. The number of likely N-dealkylation sites (N-methyl/N-ethyl adjacent to an activating group) is 1. The Balaban J connectivity index is 1.48. The molecule has 2 aromatic rings. The maximum atomic E-state index is 12.9. The van der Waals surface area contributed by atoms with Gasteiger partial charge in [0.05, 0.1) is 5.69 Å². The quantitative estimate of drug-likeness (QED) is 0.818. The average Bonchev–Trinajstić information content (AvgIpc) is 3.28. The first kappa shape index (κ1) is 19.1. The van der Waals surface area contributed by atoms with Crippen molar-refractivity contribution < 1.29 is 4.79 Å². The highest BCUT2D eigenvalue weighted by atomic mass is 16.2. The van der Waals surface area contributed by atoms with E-state index in [1.165, 1.54) is 31.5 Å². The van der Waals surface area contributed by atoms with Crippen LogP contribution < -0.4 is 0 Å². The van der Waals surface area contributed by atoms with Crippen LogP contribution >= 0.6 is 0 Å². The second-order valence-electron chi connectivity index (χ2n) is 8.07. The third-order valence-corrected chi connectivity index (χ3v) is 6.17. The highest BCUT2D eigenvalue weighted by molar-refractivity contribution is 5.95. The summed E-state index contributed by atoms with van der Waals surface area (Å²) in [7, 11) is 2.10. The monoisotopic (exact) mass is 378 g/mol. The fourth-order valence-corrected chi connectivity index (χ4v) is 4.19. The molecule has 0 saturated carbocycles. The number of hydrogen-bond acceptors (Lipinski definition) is 4. The Morgan fingerprint density at radius 3 is 2.32 bits per heavy atom. The van der Waals surface area contributed by atoms with Crippen LogP contribution in [0.5, 0.6) is 0 Å². The van der Waals surface area contributed by atoms with Crippen molar-refractivity contribution in [3.8, 4) is 11.3 Å². The Kier molecular flexibility index (Phi) is 5.74. The SMILES string of the molecule is C[C@H](c1ccc(-c2cc(C(=O)N3CCN(C)CC3)ccn2)cc1)N1CCCC1. The number of likely N-dealkylation sites (tertiary alicyclic amines) is 1. The zero-order chi connectivity index (χ0) is 19.5. The van der Waals surface area contributed by atoms with E-state index < -0.39 is 0 Å². The van der Waals surface area contributed by atoms with Crippen molar-refractivity contribution in [2.24, 2.45) is 0 Å². The minimum absolute atomic E-state index is 0.107. The van der Waals surface area contributed by atoms with Gasteiger partial charge in [-0.05, 0) is 57.6 Å². The van der Waals surface area contributed by atoms with Crippen molar-refractivity contribution in [2.75, 3.05) is 46.3 Å². The lowest BCUT2D eigenvalue weighted by Crippen LogP contribution is -2.47. The average molecular weight is 379 g/mol. The van der Waals surface area contributed by atoms with Crippen LogP contribution in [0.1, 0.15) is 41.7 Å². The summed E-state index contributed by atoms with van der Waals surface area (Å²) in [5.41, 5.74) is 3.99. The standard InChI is InChI=1S/C23H30N4O/c1-18(26-11-3-4-12-26)19-5-7-20(8-6-19)22-17-21(9-10-24-22)23(28)27-15-13-25(2)14-16-27/h5-10,17-18H,3-4,11-16H2,1-2H3/t18-/m1/s1. The van der Waals surface area contributed by atoms with Crippen molar-refractivity contribution in [1.29, 1.82) is 0 Å². The van der Waals surface area contributed by atoms with E-state index in [1.807, 2.05) is 17.0 Å². The minimum atomic E-state index is 0.107. The molecule has 0 N–H and O–H groups in total. The molecule has 0 aliphatic carbocycles. The maximum absolute atomic E-state index is 12.9. The molecule has 1 aromatic carbocycles. The number of carbonyl (C=O) groups excluding carboxylic acids is 1. The van der Waals surface area contributed by atoms with E-state index in [0.717, 1.165) is 43.0 Å². The molecule has 5 nitrogen and oxygen atoms in total. The van der Waals surface area contributed by atoms with E-state index >= 15 is 0 Å². The minimum Gasteiger partial charge on any atom is -0.336 e. The Labute approximate surface area is 168 Å². The predicted octanol–water partition coefficient (Wildman–Crippen LogP) is 3.29. The smallest absolute Gasteiger partial charge is 0.254 e. The molecular weight excluding hydrogens is 348 g/mol. The van der Waals surface area contributed by atoms with E-state index in [-0.39, 0.29) is 5.91 Å². The van der Waals surface area contributed by atoms with Crippen LogP contribution in [0.4, 0.5) is 0 Å². The van der Waals surface area contributed by atoms with Crippen molar-refractivity contribution >= 4 is 5.91 Å². The summed E-state index contributed by atoms with van der Waals surface area (Å²) >= 11 is 0. The molecule has 0 bridgehead atoms. The highest BCUT2D eigenvalue weighted by Gasteiger charge is 2.21. The largest absolute Gasteiger partial charge is 0.336 e. The summed E-state index contributed by atoms with van der Waals surface area (Å²) in [5, 5.41) is 0. The number of benzene rings is 1. The second kappa shape index (κ2) is 8.41. The second-order valence-corrected chi connectivity index (χ2v) is 8.07. The normalized spacial score (nSPS) is 19.7. The van der Waals surface area contributed by atoms with E-state index in [4.69, 9.17) is 0 Å². The zero-order valence-electron chi connectivity index (χ0n) is 17.0. The molecule has 1 amide bonds. The number of rotatable bonds is 4. The Morgan fingerprint density at radius 2 is 1.64 bits per heavy atom. The first-order valence-corrected chi connectivity index (χ1v) is 10.4. The van der Waals surface area contributed by atoms with Crippen LogP contribution in [0.3, 0.4) is 0 Å².